The summed E-state index contributed by atoms with van der Waals surface area (Å²) in [6.07, 6.45) is -5.56. The zero-order valence-electron chi connectivity index (χ0n) is 31.7. The van der Waals surface area contributed by atoms with Gasteiger partial charge >= 0.3 is 5.97 Å². The summed E-state index contributed by atoms with van der Waals surface area (Å²) in [4.78, 5) is 12.7. The second kappa shape index (κ2) is 18.6. The van der Waals surface area contributed by atoms with Crippen molar-refractivity contribution in [1.29, 1.82) is 0 Å². The lowest BCUT2D eigenvalue weighted by atomic mass is 9.84. The molecular weight excluding hydrogens is 740 g/mol. The number of benzene rings is 3. The van der Waals surface area contributed by atoms with Crippen LogP contribution in [0.3, 0.4) is 0 Å². The molecule has 2 fully saturated rings. The van der Waals surface area contributed by atoms with Gasteiger partial charge in [-0.15, -0.1) is 0 Å². The molecule has 17 heteroatoms. The number of phenolic OH excluding ortho intramolecular Hbond substituents is 3. The molecule has 2 heterocycles. The summed E-state index contributed by atoms with van der Waals surface area (Å²) in [5, 5.41) is 63.6. The van der Waals surface area contributed by atoms with E-state index < -0.39 is 55.3 Å². The van der Waals surface area contributed by atoms with Gasteiger partial charge in [-0.2, -0.15) is 0 Å². The van der Waals surface area contributed by atoms with Crippen LogP contribution in [0.5, 0.6) is 51.7 Å². The third-order valence-electron chi connectivity index (χ3n) is 9.78. The van der Waals surface area contributed by atoms with Crippen molar-refractivity contribution in [3.05, 3.63) is 59.2 Å². The molecular formula is C39H48O17. The lowest BCUT2D eigenvalue weighted by Gasteiger charge is -2.40. The number of aromatic hydroxyl groups is 3. The third kappa shape index (κ3) is 9.09. The van der Waals surface area contributed by atoms with Crippen LogP contribution < -0.4 is 28.4 Å². The SMILES string of the molecule is COc1cc(C=CC(=O)OC[C@H]2O[C@@H](OC[C@H]3[C@@H](Cc4cc(OC)c(O)c(OC)c4)CO[C@@H]3c3cc(OC)c(O)c(OC)c3)[C@H](O)[C@@H](O)[C@@H]2O)cc(OC)c1O. The van der Waals surface area contributed by atoms with Crippen molar-refractivity contribution in [1.82, 2.24) is 0 Å². The molecule has 306 valence electrons. The Morgan fingerprint density at radius 2 is 1.20 bits per heavy atom. The molecule has 56 heavy (non-hydrogen) atoms. The molecule has 0 aromatic heterocycles. The van der Waals surface area contributed by atoms with Gasteiger partial charge in [0.2, 0.25) is 17.2 Å². The quantitative estimate of drug-likeness (QED) is 0.0905. The van der Waals surface area contributed by atoms with Crippen molar-refractivity contribution in [2.75, 3.05) is 62.5 Å². The second-order valence-electron chi connectivity index (χ2n) is 13.1. The van der Waals surface area contributed by atoms with Gasteiger partial charge in [0, 0.05) is 12.0 Å². The number of ether oxygens (including phenoxy) is 10. The fraction of sp³-hybridized carbons (Fsp3) is 0.462. The summed E-state index contributed by atoms with van der Waals surface area (Å²) < 4.78 is 55.4. The predicted molar refractivity (Wildman–Crippen MR) is 196 cm³/mol. The van der Waals surface area contributed by atoms with E-state index in [1.165, 1.54) is 60.9 Å². The zero-order chi connectivity index (χ0) is 40.7. The highest BCUT2D eigenvalue weighted by Crippen LogP contribution is 2.47. The van der Waals surface area contributed by atoms with E-state index in [0.717, 1.165) is 11.6 Å². The lowest BCUT2D eigenvalue weighted by Crippen LogP contribution is -2.59. The summed E-state index contributed by atoms with van der Waals surface area (Å²) in [7, 11) is 8.38. The number of carbonyl (C=O) groups is 1. The molecule has 2 aliphatic rings. The van der Waals surface area contributed by atoms with Gasteiger partial charge in [-0.05, 0) is 71.5 Å². The van der Waals surface area contributed by atoms with Gasteiger partial charge in [-0.3, -0.25) is 0 Å². The first-order valence-corrected chi connectivity index (χ1v) is 17.5. The number of hydrogen-bond acceptors (Lipinski definition) is 17. The maximum atomic E-state index is 12.7. The van der Waals surface area contributed by atoms with Crippen LogP contribution in [0.1, 0.15) is 22.8 Å². The molecule has 2 saturated heterocycles. The van der Waals surface area contributed by atoms with Crippen molar-refractivity contribution in [3.8, 4) is 51.7 Å². The minimum atomic E-state index is -1.72. The normalized spacial score (nSPS) is 24.8. The summed E-state index contributed by atoms with van der Waals surface area (Å²) in [5.41, 5.74) is 1.80. The van der Waals surface area contributed by atoms with Crippen LogP contribution in [0.15, 0.2) is 42.5 Å². The maximum absolute atomic E-state index is 12.7. The molecule has 8 atom stereocenters. The molecule has 0 spiro atoms. The Bertz CT molecular complexity index is 1770. The topological polar surface area (TPSA) is 231 Å². The Labute approximate surface area is 323 Å². The molecule has 0 unspecified atom stereocenters. The molecule has 0 bridgehead atoms. The van der Waals surface area contributed by atoms with Gasteiger partial charge in [-0.1, -0.05) is 0 Å². The summed E-state index contributed by atoms with van der Waals surface area (Å²) in [6, 6.07) is 9.55. The van der Waals surface area contributed by atoms with Crippen molar-refractivity contribution in [2.24, 2.45) is 11.8 Å². The fourth-order valence-electron chi connectivity index (χ4n) is 6.73. The van der Waals surface area contributed by atoms with Gasteiger partial charge in [-0.25, -0.2) is 4.79 Å². The number of carbonyl (C=O) groups excluding carboxylic acids is 1. The van der Waals surface area contributed by atoms with E-state index in [1.807, 2.05) is 0 Å². The standard InChI is InChI=1S/C39H48O17/c1-47-24-10-19(11-25(48-2)32(24)41)7-8-31(40)53-18-30-35(44)36(45)37(46)39(56-30)55-17-23-22(9-20-12-26(49-3)33(42)27(13-20)50-4)16-54-38(23)21-14-28(51-5)34(43)29(15-21)52-6/h7-8,10-15,22-23,30,35-39,41-46H,9,16-18H2,1-6H3/t22-,23-,30+,35+,36-,37+,38+,39+/m0/s1. The molecule has 0 amide bonds. The lowest BCUT2D eigenvalue weighted by molar-refractivity contribution is -0.304. The van der Waals surface area contributed by atoms with Crippen LogP contribution in [-0.4, -0.2) is 130 Å². The molecule has 17 nitrogen and oxygen atoms in total. The molecule has 3 aromatic rings. The maximum Gasteiger partial charge on any atom is 0.330 e. The number of esters is 1. The molecule has 0 saturated carbocycles. The molecule has 6 N–H and O–H groups in total. The van der Waals surface area contributed by atoms with Crippen LogP contribution in [0.2, 0.25) is 0 Å². The molecule has 2 aliphatic heterocycles. The van der Waals surface area contributed by atoms with E-state index in [2.05, 4.69) is 0 Å². The van der Waals surface area contributed by atoms with E-state index >= 15 is 0 Å². The monoisotopic (exact) mass is 788 g/mol. The highest BCUT2D eigenvalue weighted by molar-refractivity contribution is 5.87. The third-order valence-corrected chi connectivity index (χ3v) is 9.78. The highest BCUT2D eigenvalue weighted by atomic mass is 16.7. The van der Waals surface area contributed by atoms with Gasteiger partial charge in [0.25, 0.3) is 0 Å². The first kappa shape index (κ1) is 42.0. The molecule has 0 aliphatic carbocycles. The smallest absolute Gasteiger partial charge is 0.330 e. The van der Waals surface area contributed by atoms with Crippen LogP contribution in [0, 0.1) is 11.8 Å². The van der Waals surface area contributed by atoms with Crippen LogP contribution in [-0.2, 0) is 30.2 Å². The van der Waals surface area contributed by atoms with Crippen LogP contribution in [0.25, 0.3) is 6.08 Å². The molecule has 5 rings (SSSR count). The average molecular weight is 789 g/mol. The van der Waals surface area contributed by atoms with E-state index in [4.69, 9.17) is 47.4 Å². The Hall–Kier alpha value is -5.17. The first-order valence-electron chi connectivity index (χ1n) is 17.5. The van der Waals surface area contributed by atoms with E-state index in [-0.39, 0.29) is 70.9 Å². The van der Waals surface area contributed by atoms with Gasteiger partial charge in [0.1, 0.15) is 31.0 Å². The van der Waals surface area contributed by atoms with Crippen LogP contribution >= 0.6 is 0 Å². The fourth-order valence-corrected chi connectivity index (χ4v) is 6.73. The van der Waals surface area contributed by atoms with Crippen molar-refractivity contribution >= 4 is 12.0 Å². The van der Waals surface area contributed by atoms with E-state index in [9.17, 15) is 35.4 Å². The molecule has 0 radical (unpaired) electrons. The summed E-state index contributed by atoms with van der Waals surface area (Å²) >= 11 is 0. The van der Waals surface area contributed by atoms with Crippen LogP contribution in [0.4, 0.5) is 0 Å². The minimum Gasteiger partial charge on any atom is -0.502 e. The number of phenols is 3. The second-order valence-corrected chi connectivity index (χ2v) is 13.1. The zero-order valence-corrected chi connectivity index (χ0v) is 31.7. The number of aliphatic hydroxyl groups excluding tert-OH is 3. The number of rotatable bonds is 16. The largest absolute Gasteiger partial charge is 0.502 e. The van der Waals surface area contributed by atoms with E-state index in [0.29, 0.717) is 17.5 Å². The Morgan fingerprint density at radius 1 is 0.696 bits per heavy atom. The van der Waals surface area contributed by atoms with Gasteiger partial charge < -0.3 is 78.0 Å². The van der Waals surface area contributed by atoms with Crippen molar-refractivity contribution in [2.45, 2.75) is 43.2 Å². The molecule has 3 aromatic carbocycles. The minimum absolute atomic E-state index is 0.105. The van der Waals surface area contributed by atoms with Crippen molar-refractivity contribution in [3.63, 3.8) is 0 Å². The number of aliphatic hydroxyl groups is 3. The van der Waals surface area contributed by atoms with Gasteiger partial charge in [0.15, 0.2) is 40.8 Å². The Kier molecular flexibility index (Phi) is 14.0. The number of hydrogen-bond donors (Lipinski definition) is 6. The van der Waals surface area contributed by atoms with E-state index in [1.54, 1.807) is 24.3 Å². The summed E-state index contributed by atoms with van der Waals surface area (Å²) in [6.45, 7) is -0.376. The summed E-state index contributed by atoms with van der Waals surface area (Å²) in [5.74, 6) is -1.11. The number of methoxy groups -OCH3 is 6. The first-order chi connectivity index (χ1) is 26.9. The van der Waals surface area contributed by atoms with Crippen molar-refractivity contribution < 1.29 is 82.8 Å². The highest BCUT2D eigenvalue weighted by Gasteiger charge is 2.46. The Balaban J connectivity index is 1.33. The average Bonchev–Trinajstić information content (AvgIpc) is 3.60. The van der Waals surface area contributed by atoms with Gasteiger partial charge in [0.05, 0.1) is 62.0 Å². The Morgan fingerprint density at radius 3 is 1.71 bits per heavy atom. The predicted octanol–water partition coefficient (Wildman–Crippen LogP) is 2.48.